The second kappa shape index (κ2) is 6.50. The van der Waals surface area contributed by atoms with Crippen molar-refractivity contribution in [1.29, 1.82) is 0 Å². The van der Waals surface area contributed by atoms with E-state index in [1.54, 1.807) is 7.11 Å². The summed E-state index contributed by atoms with van der Waals surface area (Å²) in [6, 6.07) is 7.73. The zero-order chi connectivity index (χ0) is 15.5. The van der Waals surface area contributed by atoms with Crippen LogP contribution in [0.2, 0.25) is 0 Å². The number of rotatable bonds is 5. The SMILES string of the molecule is COCCN1CCC(C(=O)Nc2ccc3oc(C)cc3c2)C1. The zero-order valence-electron chi connectivity index (χ0n) is 13.1. The number of hydrogen-bond donors (Lipinski definition) is 1. The molecule has 3 rings (SSSR count). The summed E-state index contributed by atoms with van der Waals surface area (Å²) in [5.41, 5.74) is 1.68. The van der Waals surface area contributed by atoms with Crippen molar-refractivity contribution < 1.29 is 13.9 Å². The van der Waals surface area contributed by atoms with Gasteiger partial charge in [0.25, 0.3) is 0 Å². The summed E-state index contributed by atoms with van der Waals surface area (Å²) in [4.78, 5) is 14.7. The number of nitrogens with one attached hydrogen (secondary N) is 1. The molecular formula is C17H22N2O3. The number of hydrogen-bond acceptors (Lipinski definition) is 4. The second-order valence-electron chi connectivity index (χ2n) is 5.88. The maximum absolute atomic E-state index is 12.4. The predicted molar refractivity (Wildman–Crippen MR) is 86.0 cm³/mol. The van der Waals surface area contributed by atoms with Crippen LogP contribution in [-0.4, -0.2) is 44.2 Å². The first-order valence-electron chi connectivity index (χ1n) is 7.68. The first-order valence-corrected chi connectivity index (χ1v) is 7.68. The van der Waals surface area contributed by atoms with Gasteiger partial charge in [0.15, 0.2) is 0 Å². The molecule has 1 atom stereocenters. The average Bonchev–Trinajstić information content (AvgIpc) is 3.10. The van der Waals surface area contributed by atoms with Gasteiger partial charge < -0.3 is 19.4 Å². The minimum atomic E-state index is 0.0543. The van der Waals surface area contributed by atoms with Crippen LogP contribution < -0.4 is 5.32 Å². The molecule has 0 radical (unpaired) electrons. The van der Waals surface area contributed by atoms with E-state index in [1.165, 1.54) is 0 Å². The molecule has 1 aromatic carbocycles. The van der Waals surface area contributed by atoms with Gasteiger partial charge in [-0.2, -0.15) is 0 Å². The van der Waals surface area contributed by atoms with Crippen molar-refractivity contribution in [2.24, 2.45) is 5.92 Å². The third-order valence-electron chi connectivity index (χ3n) is 4.16. The molecule has 2 aromatic rings. The Kier molecular flexibility index (Phi) is 4.45. The molecule has 1 aromatic heterocycles. The molecule has 1 aliphatic heterocycles. The van der Waals surface area contributed by atoms with Gasteiger partial charge in [0.2, 0.25) is 5.91 Å². The molecule has 1 aliphatic rings. The van der Waals surface area contributed by atoms with Gasteiger partial charge in [-0.1, -0.05) is 0 Å². The number of anilines is 1. The van der Waals surface area contributed by atoms with Gasteiger partial charge in [0.1, 0.15) is 11.3 Å². The molecule has 0 saturated carbocycles. The molecule has 1 unspecified atom stereocenters. The number of likely N-dealkylation sites (tertiary alicyclic amines) is 1. The summed E-state index contributed by atoms with van der Waals surface area (Å²) in [7, 11) is 1.70. The van der Waals surface area contributed by atoms with E-state index < -0.39 is 0 Å². The third kappa shape index (κ3) is 3.31. The van der Waals surface area contributed by atoms with Crippen LogP contribution in [0, 0.1) is 12.8 Å². The fourth-order valence-electron chi connectivity index (χ4n) is 2.97. The number of furan rings is 1. The van der Waals surface area contributed by atoms with Crippen molar-refractivity contribution in [3.05, 3.63) is 30.0 Å². The van der Waals surface area contributed by atoms with Gasteiger partial charge in [-0.25, -0.2) is 0 Å². The molecule has 5 nitrogen and oxygen atoms in total. The maximum Gasteiger partial charge on any atom is 0.228 e. The highest BCUT2D eigenvalue weighted by molar-refractivity contribution is 5.95. The first-order chi connectivity index (χ1) is 10.7. The molecule has 22 heavy (non-hydrogen) atoms. The summed E-state index contributed by atoms with van der Waals surface area (Å²) >= 11 is 0. The molecule has 2 heterocycles. The summed E-state index contributed by atoms with van der Waals surface area (Å²) in [6.45, 7) is 5.29. The zero-order valence-corrected chi connectivity index (χ0v) is 13.1. The lowest BCUT2D eigenvalue weighted by Crippen LogP contribution is -2.29. The highest BCUT2D eigenvalue weighted by Crippen LogP contribution is 2.24. The van der Waals surface area contributed by atoms with Gasteiger partial charge in [-0.15, -0.1) is 0 Å². The van der Waals surface area contributed by atoms with E-state index in [2.05, 4.69) is 10.2 Å². The Morgan fingerprint density at radius 3 is 3.14 bits per heavy atom. The Balaban J connectivity index is 1.61. The number of amides is 1. The van der Waals surface area contributed by atoms with E-state index in [4.69, 9.17) is 9.15 Å². The lowest BCUT2D eigenvalue weighted by molar-refractivity contribution is -0.119. The highest BCUT2D eigenvalue weighted by atomic mass is 16.5. The molecule has 1 amide bonds. The van der Waals surface area contributed by atoms with Crippen molar-refractivity contribution in [1.82, 2.24) is 4.90 Å². The van der Waals surface area contributed by atoms with Crippen molar-refractivity contribution in [2.75, 3.05) is 38.7 Å². The van der Waals surface area contributed by atoms with E-state index in [9.17, 15) is 4.79 Å². The summed E-state index contributed by atoms with van der Waals surface area (Å²) < 4.78 is 10.6. The number of carbonyl (C=O) groups is 1. The van der Waals surface area contributed by atoms with Crippen LogP contribution in [0.25, 0.3) is 11.0 Å². The fraction of sp³-hybridized carbons (Fsp3) is 0.471. The first kappa shape index (κ1) is 15.1. The quantitative estimate of drug-likeness (QED) is 0.922. The fourth-order valence-corrected chi connectivity index (χ4v) is 2.97. The average molecular weight is 302 g/mol. The van der Waals surface area contributed by atoms with Gasteiger partial charge in [0, 0.05) is 31.3 Å². The lowest BCUT2D eigenvalue weighted by atomic mass is 10.1. The van der Waals surface area contributed by atoms with Crippen LogP contribution in [0.5, 0.6) is 0 Å². The topological polar surface area (TPSA) is 54.7 Å². The Morgan fingerprint density at radius 1 is 1.45 bits per heavy atom. The summed E-state index contributed by atoms with van der Waals surface area (Å²) in [5, 5.41) is 4.04. The minimum absolute atomic E-state index is 0.0543. The van der Waals surface area contributed by atoms with Crippen LogP contribution in [0.3, 0.4) is 0 Å². The number of ether oxygens (including phenoxy) is 1. The Labute approximate surface area is 130 Å². The van der Waals surface area contributed by atoms with E-state index in [0.717, 1.165) is 48.5 Å². The molecule has 0 spiro atoms. The van der Waals surface area contributed by atoms with Crippen molar-refractivity contribution in [3.8, 4) is 0 Å². The number of aryl methyl sites for hydroxylation is 1. The van der Waals surface area contributed by atoms with Gasteiger partial charge in [0.05, 0.1) is 12.5 Å². The van der Waals surface area contributed by atoms with E-state index in [1.807, 2.05) is 31.2 Å². The number of nitrogens with zero attached hydrogens (tertiary/aromatic N) is 1. The largest absolute Gasteiger partial charge is 0.461 e. The third-order valence-corrected chi connectivity index (χ3v) is 4.16. The van der Waals surface area contributed by atoms with Crippen LogP contribution in [0.15, 0.2) is 28.7 Å². The summed E-state index contributed by atoms with van der Waals surface area (Å²) in [6.07, 6.45) is 0.905. The van der Waals surface area contributed by atoms with Crippen LogP contribution in [0.1, 0.15) is 12.2 Å². The molecule has 1 saturated heterocycles. The Morgan fingerprint density at radius 2 is 2.32 bits per heavy atom. The van der Waals surface area contributed by atoms with Gasteiger partial charge >= 0.3 is 0 Å². The molecule has 1 N–H and O–H groups in total. The van der Waals surface area contributed by atoms with Crippen LogP contribution in [0.4, 0.5) is 5.69 Å². The number of methoxy groups -OCH3 is 1. The van der Waals surface area contributed by atoms with Crippen molar-refractivity contribution in [2.45, 2.75) is 13.3 Å². The Hall–Kier alpha value is -1.85. The second-order valence-corrected chi connectivity index (χ2v) is 5.88. The number of fused-ring (bicyclic) bond motifs is 1. The van der Waals surface area contributed by atoms with E-state index in [-0.39, 0.29) is 11.8 Å². The normalized spacial score (nSPS) is 18.9. The minimum Gasteiger partial charge on any atom is -0.461 e. The maximum atomic E-state index is 12.4. The molecule has 0 bridgehead atoms. The van der Waals surface area contributed by atoms with Crippen LogP contribution >= 0.6 is 0 Å². The molecule has 118 valence electrons. The van der Waals surface area contributed by atoms with Gasteiger partial charge in [-0.3, -0.25) is 4.79 Å². The smallest absolute Gasteiger partial charge is 0.228 e. The number of carbonyl (C=O) groups excluding carboxylic acids is 1. The monoisotopic (exact) mass is 302 g/mol. The number of benzene rings is 1. The van der Waals surface area contributed by atoms with Crippen molar-refractivity contribution in [3.63, 3.8) is 0 Å². The highest BCUT2D eigenvalue weighted by Gasteiger charge is 2.27. The molecule has 0 aliphatic carbocycles. The van der Waals surface area contributed by atoms with E-state index in [0.29, 0.717) is 6.61 Å². The lowest BCUT2D eigenvalue weighted by Gasteiger charge is -2.15. The molecule has 5 heteroatoms. The predicted octanol–water partition coefficient (Wildman–Crippen LogP) is 2.65. The van der Waals surface area contributed by atoms with Crippen LogP contribution in [-0.2, 0) is 9.53 Å². The molecule has 1 fully saturated rings. The van der Waals surface area contributed by atoms with E-state index >= 15 is 0 Å². The standard InChI is InChI=1S/C17H22N2O3/c1-12-9-14-10-15(3-4-16(14)22-12)18-17(20)13-5-6-19(11-13)7-8-21-2/h3-4,9-10,13H,5-8,11H2,1-2H3,(H,18,20). The molecular weight excluding hydrogens is 280 g/mol. The van der Waals surface area contributed by atoms with Gasteiger partial charge in [-0.05, 0) is 44.2 Å². The summed E-state index contributed by atoms with van der Waals surface area (Å²) in [5.74, 6) is 1.03. The Bertz CT molecular complexity index is 665. The van der Waals surface area contributed by atoms with Crippen molar-refractivity contribution >= 4 is 22.6 Å².